The molecule has 22 heavy (non-hydrogen) atoms. The molecule has 4 heterocycles. The Kier molecular flexibility index (Phi) is 3.27. The highest BCUT2D eigenvalue weighted by Crippen LogP contribution is 2.39. The van der Waals surface area contributed by atoms with Gasteiger partial charge in [-0.2, -0.15) is 0 Å². The number of nitrogens with zero attached hydrogens (tertiary/aromatic N) is 4. The van der Waals surface area contributed by atoms with Crippen LogP contribution in [-0.2, 0) is 0 Å². The Bertz CT molecular complexity index is 721. The van der Waals surface area contributed by atoms with Crippen molar-refractivity contribution < 1.29 is 4.79 Å². The molecule has 0 aromatic carbocycles. The minimum absolute atomic E-state index is 0.147. The summed E-state index contributed by atoms with van der Waals surface area (Å²) in [5.41, 5.74) is 1.91. The van der Waals surface area contributed by atoms with Crippen molar-refractivity contribution in [1.29, 1.82) is 0 Å². The molecule has 0 saturated carbocycles. The summed E-state index contributed by atoms with van der Waals surface area (Å²) in [5.74, 6) is 0.147. The summed E-state index contributed by atoms with van der Waals surface area (Å²) >= 11 is 1.58. The Balaban J connectivity index is 1.59. The molecule has 1 atom stereocenters. The molecule has 0 bridgehead atoms. The van der Waals surface area contributed by atoms with Crippen LogP contribution in [0.2, 0.25) is 0 Å². The molecule has 1 spiro atoms. The Hall–Kier alpha value is -1.40. The molecule has 2 aromatic rings. The number of thiazole rings is 1. The molecule has 2 saturated heterocycles. The second-order valence-electron chi connectivity index (χ2n) is 6.92. The SMILES string of the molecule is Cc1nc2sccn2c1C(=O)N1CCC2(CCCN(C)C2)C1. The van der Waals surface area contributed by atoms with E-state index in [0.29, 0.717) is 5.41 Å². The van der Waals surface area contributed by atoms with Gasteiger partial charge in [-0.15, -0.1) is 11.3 Å². The van der Waals surface area contributed by atoms with E-state index in [2.05, 4.69) is 16.9 Å². The lowest BCUT2D eigenvalue weighted by Gasteiger charge is -2.38. The van der Waals surface area contributed by atoms with E-state index in [4.69, 9.17) is 0 Å². The van der Waals surface area contributed by atoms with E-state index in [9.17, 15) is 4.79 Å². The van der Waals surface area contributed by atoms with Gasteiger partial charge in [0, 0.05) is 36.6 Å². The first kappa shape index (κ1) is 14.2. The minimum Gasteiger partial charge on any atom is -0.337 e. The summed E-state index contributed by atoms with van der Waals surface area (Å²) in [6.07, 6.45) is 5.58. The highest BCUT2D eigenvalue weighted by molar-refractivity contribution is 7.15. The van der Waals surface area contributed by atoms with Crippen LogP contribution in [0.5, 0.6) is 0 Å². The van der Waals surface area contributed by atoms with Crippen molar-refractivity contribution in [3.05, 3.63) is 23.0 Å². The number of carbonyl (C=O) groups excluding carboxylic acids is 1. The lowest BCUT2D eigenvalue weighted by Crippen LogP contribution is -2.43. The first-order valence-corrected chi connectivity index (χ1v) is 8.86. The minimum atomic E-state index is 0.147. The van der Waals surface area contributed by atoms with Gasteiger partial charge in [0.25, 0.3) is 5.91 Å². The number of rotatable bonds is 1. The van der Waals surface area contributed by atoms with Crippen molar-refractivity contribution in [1.82, 2.24) is 19.2 Å². The third-order valence-electron chi connectivity index (χ3n) is 5.22. The predicted molar refractivity (Wildman–Crippen MR) is 87.5 cm³/mol. The van der Waals surface area contributed by atoms with Gasteiger partial charge >= 0.3 is 0 Å². The summed E-state index contributed by atoms with van der Waals surface area (Å²) in [4.78, 5) is 22.9. The number of amides is 1. The van der Waals surface area contributed by atoms with Gasteiger partial charge in [-0.3, -0.25) is 9.20 Å². The van der Waals surface area contributed by atoms with E-state index >= 15 is 0 Å². The number of carbonyl (C=O) groups is 1. The summed E-state index contributed by atoms with van der Waals surface area (Å²) in [6.45, 7) is 6.02. The monoisotopic (exact) mass is 318 g/mol. The molecule has 2 aliphatic heterocycles. The van der Waals surface area contributed by atoms with Gasteiger partial charge in [-0.25, -0.2) is 4.98 Å². The van der Waals surface area contributed by atoms with Crippen molar-refractivity contribution >= 4 is 22.2 Å². The van der Waals surface area contributed by atoms with Crippen LogP contribution < -0.4 is 0 Å². The van der Waals surface area contributed by atoms with Crippen LogP contribution in [0.4, 0.5) is 0 Å². The second kappa shape index (κ2) is 5.06. The third kappa shape index (κ3) is 2.16. The molecule has 2 aromatic heterocycles. The molecule has 1 unspecified atom stereocenters. The maximum Gasteiger partial charge on any atom is 0.272 e. The Labute approximate surface area is 134 Å². The molecule has 2 fully saturated rings. The second-order valence-corrected chi connectivity index (χ2v) is 7.79. The van der Waals surface area contributed by atoms with E-state index in [1.54, 1.807) is 11.3 Å². The fraction of sp³-hybridized carbons (Fsp3) is 0.625. The van der Waals surface area contributed by atoms with Gasteiger partial charge in [0.2, 0.25) is 0 Å². The third-order valence-corrected chi connectivity index (χ3v) is 5.97. The number of likely N-dealkylation sites (tertiary alicyclic amines) is 2. The lowest BCUT2D eigenvalue weighted by molar-refractivity contribution is 0.0715. The topological polar surface area (TPSA) is 40.9 Å². The van der Waals surface area contributed by atoms with E-state index in [0.717, 1.165) is 42.4 Å². The van der Waals surface area contributed by atoms with Crippen molar-refractivity contribution in [3.8, 4) is 0 Å². The zero-order chi connectivity index (χ0) is 15.3. The van der Waals surface area contributed by atoms with Gasteiger partial charge in [-0.05, 0) is 39.8 Å². The fourth-order valence-electron chi connectivity index (χ4n) is 4.20. The molecular weight excluding hydrogens is 296 g/mol. The largest absolute Gasteiger partial charge is 0.337 e. The predicted octanol–water partition coefficient (Wildman–Crippen LogP) is 2.26. The number of fused-ring (bicyclic) bond motifs is 1. The Morgan fingerprint density at radius 2 is 2.18 bits per heavy atom. The number of aryl methyl sites for hydroxylation is 1. The molecule has 118 valence electrons. The van der Waals surface area contributed by atoms with Crippen LogP contribution in [0.1, 0.15) is 35.4 Å². The normalized spacial score (nSPS) is 26.4. The highest BCUT2D eigenvalue weighted by atomic mass is 32.1. The summed E-state index contributed by atoms with van der Waals surface area (Å²) in [7, 11) is 2.20. The van der Waals surface area contributed by atoms with E-state index < -0.39 is 0 Å². The number of hydrogen-bond acceptors (Lipinski definition) is 4. The van der Waals surface area contributed by atoms with Gasteiger partial charge in [0.15, 0.2) is 4.96 Å². The van der Waals surface area contributed by atoms with Crippen LogP contribution in [-0.4, -0.2) is 58.3 Å². The zero-order valence-corrected chi connectivity index (χ0v) is 14.0. The van der Waals surface area contributed by atoms with Gasteiger partial charge in [-0.1, -0.05) is 0 Å². The average molecular weight is 318 g/mol. The van der Waals surface area contributed by atoms with E-state index in [-0.39, 0.29) is 5.91 Å². The van der Waals surface area contributed by atoms with Crippen LogP contribution in [0, 0.1) is 12.3 Å². The fourth-order valence-corrected chi connectivity index (χ4v) is 4.96. The number of piperidine rings is 1. The molecule has 4 rings (SSSR count). The summed E-state index contributed by atoms with van der Waals surface area (Å²) < 4.78 is 1.94. The maximum atomic E-state index is 13.0. The molecule has 0 radical (unpaired) electrons. The molecule has 2 aliphatic rings. The van der Waals surface area contributed by atoms with Gasteiger partial charge < -0.3 is 9.80 Å². The molecule has 0 N–H and O–H groups in total. The number of aromatic nitrogens is 2. The van der Waals surface area contributed by atoms with Crippen LogP contribution in [0.15, 0.2) is 11.6 Å². The highest BCUT2D eigenvalue weighted by Gasteiger charge is 2.42. The first-order chi connectivity index (χ1) is 10.6. The van der Waals surface area contributed by atoms with Gasteiger partial charge in [0.1, 0.15) is 5.69 Å². The van der Waals surface area contributed by atoms with E-state index in [1.807, 2.05) is 27.8 Å². The van der Waals surface area contributed by atoms with Crippen LogP contribution >= 0.6 is 11.3 Å². The lowest BCUT2D eigenvalue weighted by atomic mass is 9.79. The molecule has 5 nitrogen and oxygen atoms in total. The maximum absolute atomic E-state index is 13.0. The van der Waals surface area contributed by atoms with Gasteiger partial charge in [0.05, 0.1) is 5.69 Å². The van der Waals surface area contributed by atoms with Crippen molar-refractivity contribution in [2.24, 2.45) is 5.41 Å². The standard InChI is InChI=1S/C16H22N4OS/c1-12-13(20-8-9-22-15(20)17-12)14(21)19-7-5-16(11-19)4-3-6-18(2)10-16/h8-9H,3-7,10-11H2,1-2H3. The van der Waals surface area contributed by atoms with Crippen molar-refractivity contribution in [2.75, 3.05) is 33.2 Å². The van der Waals surface area contributed by atoms with Crippen molar-refractivity contribution in [2.45, 2.75) is 26.2 Å². The molecule has 0 aliphatic carbocycles. The number of imidazole rings is 1. The Morgan fingerprint density at radius 3 is 3.00 bits per heavy atom. The summed E-state index contributed by atoms with van der Waals surface area (Å²) in [6, 6.07) is 0. The van der Waals surface area contributed by atoms with Crippen LogP contribution in [0.3, 0.4) is 0 Å². The molecular formula is C16H22N4OS. The molecule has 1 amide bonds. The van der Waals surface area contributed by atoms with Crippen molar-refractivity contribution in [3.63, 3.8) is 0 Å². The quantitative estimate of drug-likeness (QED) is 0.810. The average Bonchev–Trinajstić information content (AvgIpc) is 3.13. The first-order valence-electron chi connectivity index (χ1n) is 7.98. The smallest absolute Gasteiger partial charge is 0.272 e. The molecule has 6 heteroatoms. The summed E-state index contributed by atoms with van der Waals surface area (Å²) in [5, 5.41) is 1.99. The zero-order valence-electron chi connectivity index (χ0n) is 13.2. The van der Waals surface area contributed by atoms with Crippen LogP contribution in [0.25, 0.3) is 4.96 Å². The Morgan fingerprint density at radius 1 is 1.32 bits per heavy atom. The number of hydrogen-bond donors (Lipinski definition) is 0. The van der Waals surface area contributed by atoms with E-state index in [1.165, 1.54) is 19.4 Å².